The third-order valence-electron chi connectivity index (χ3n) is 4.49. The van der Waals surface area contributed by atoms with Gasteiger partial charge in [0.15, 0.2) is 0 Å². The summed E-state index contributed by atoms with van der Waals surface area (Å²) in [6.07, 6.45) is 2.05. The lowest BCUT2D eigenvalue weighted by molar-refractivity contribution is 0.0497. The second-order valence-electron chi connectivity index (χ2n) is 6.60. The van der Waals surface area contributed by atoms with Gasteiger partial charge in [-0.2, -0.15) is 11.3 Å². The molecule has 1 aliphatic rings. The number of hydrogen-bond acceptors (Lipinski definition) is 6. The Labute approximate surface area is 172 Å². The van der Waals surface area contributed by atoms with Crippen LogP contribution in [0, 0.1) is 0 Å². The maximum Gasteiger partial charge on any atom is 0.436 e. The van der Waals surface area contributed by atoms with Crippen LogP contribution >= 0.6 is 11.3 Å². The topological polar surface area (TPSA) is 96.0 Å². The summed E-state index contributed by atoms with van der Waals surface area (Å²) < 4.78 is 4.71. The standard InChI is InChI=1S/C20H21N3O5S/c1-22(20(27)28-19(26)16-8-11-29-13-16)21-17(24)14-6-5-7-15(12-14)18(25)23-9-3-2-4-10-23/h5-8,11-13H,2-4,9-10H2,1H3,(H,21,24). The summed E-state index contributed by atoms with van der Waals surface area (Å²) in [4.78, 5) is 50.7. The lowest BCUT2D eigenvalue weighted by Crippen LogP contribution is -2.44. The molecule has 3 rings (SSSR count). The molecular weight excluding hydrogens is 394 g/mol. The minimum atomic E-state index is -1.02. The molecule has 1 aromatic heterocycles. The molecule has 0 saturated carbocycles. The number of thiophene rings is 1. The molecule has 0 atom stereocenters. The number of esters is 1. The van der Waals surface area contributed by atoms with Gasteiger partial charge in [0.25, 0.3) is 11.8 Å². The first-order valence-electron chi connectivity index (χ1n) is 9.18. The highest BCUT2D eigenvalue weighted by atomic mass is 32.1. The zero-order chi connectivity index (χ0) is 20.8. The van der Waals surface area contributed by atoms with Crippen LogP contribution in [-0.4, -0.2) is 53.9 Å². The summed E-state index contributed by atoms with van der Waals surface area (Å²) in [6.45, 7) is 1.42. The number of amides is 3. The largest absolute Gasteiger partial charge is 0.436 e. The predicted molar refractivity (Wildman–Crippen MR) is 107 cm³/mol. The number of ether oxygens (including phenoxy) is 1. The quantitative estimate of drug-likeness (QED) is 0.472. The first-order valence-corrected chi connectivity index (χ1v) is 10.1. The molecule has 1 aliphatic heterocycles. The molecular formula is C20H21N3O5S. The van der Waals surface area contributed by atoms with Gasteiger partial charge >= 0.3 is 12.1 Å². The van der Waals surface area contributed by atoms with Gasteiger partial charge in [-0.1, -0.05) is 6.07 Å². The van der Waals surface area contributed by atoms with Crippen molar-refractivity contribution >= 4 is 35.2 Å². The number of rotatable bonds is 3. The maximum absolute atomic E-state index is 12.6. The molecule has 1 N–H and O–H groups in total. The summed E-state index contributed by atoms with van der Waals surface area (Å²) in [6, 6.07) is 7.83. The van der Waals surface area contributed by atoms with Crippen LogP contribution in [0.25, 0.3) is 0 Å². The van der Waals surface area contributed by atoms with Crippen LogP contribution in [0.15, 0.2) is 41.1 Å². The lowest BCUT2D eigenvalue weighted by atomic mass is 10.1. The molecule has 3 amide bonds. The first-order chi connectivity index (χ1) is 14.0. The Morgan fingerprint density at radius 1 is 1.03 bits per heavy atom. The van der Waals surface area contributed by atoms with E-state index in [-0.39, 0.29) is 17.0 Å². The van der Waals surface area contributed by atoms with Crippen molar-refractivity contribution in [1.82, 2.24) is 15.3 Å². The second kappa shape index (κ2) is 9.33. The Morgan fingerprint density at radius 3 is 2.45 bits per heavy atom. The highest BCUT2D eigenvalue weighted by Gasteiger charge is 2.21. The van der Waals surface area contributed by atoms with E-state index >= 15 is 0 Å². The number of benzene rings is 1. The van der Waals surface area contributed by atoms with Crippen molar-refractivity contribution in [2.75, 3.05) is 20.1 Å². The molecule has 0 bridgehead atoms. The zero-order valence-electron chi connectivity index (χ0n) is 15.9. The molecule has 2 aromatic rings. The third-order valence-corrected chi connectivity index (χ3v) is 5.18. The van der Waals surface area contributed by atoms with Crippen molar-refractivity contribution in [3.8, 4) is 0 Å². The fourth-order valence-electron chi connectivity index (χ4n) is 2.92. The van der Waals surface area contributed by atoms with Crippen molar-refractivity contribution in [3.05, 3.63) is 57.8 Å². The van der Waals surface area contributed by atoms with Gasteiger partial charge in [0.05, 0.1) is 5.56 Å². The molecule has 0 unspecified atom stereocenters. The van der Waals surface area contributed by atoms with E-state index in [9.17, 15) is 19.2 Å². The van der Waals surface area contributed by atoms with Crippen LogP contribution in [-0.2, 0) is 4.74 Å². The SMILES string of the molecule is CN(NC(=O)c1cccc(C(=O)N2CCCCC2)c1)C(=O)OC(=O)c1ccsc1. The van der Waals surface area contributed by atoms with E-state index in [4.69, 9.17) is 4.74 Å². The number of nitrogens with zero attached hydrogens (tertiary/aromatic N) is 2. The molecule has 2 heterocycles. The number of carbonyl (C=O) groups is 4. The van der Waals surface area contributed by atoms with Gasteiger partial charge in [0.1, 0.15) is 0 Å². The molecule has 8 nitrogen and oxygen atoms in total. The minimum Gasteiger partial charge on any atom is -0.371 e. The Hall–Kier alpha value is -3.20. The van der Waals surface area contributed by atoms with Gasteiger partial charge in [-0.05, 0) is 48.9 Å². The van der Waals surface area contributed by atoms with Gasteiger partial charge in [0.2, 0.25) is 0 Å². The molecule has 1 aromatic carbocycles. The molecule has 9 heteroatoms. The van der Waals surface area contributed by atoms with Crippen molar-refractivity contribution in [2.24, 2.45) is 0 Å². The normalized spacial score (nSPS) is 13.5. The fourth-order valence-corrected chi connectivity index (χ4v) is 3.55. The van der Waals surface area contributed by atoms with Crippen LogP contribution in [0.2, 0.25) is 0 Å². The monoisotopic (exact) mass is 415 g/mol. The summed E-state index contributed by atoms with van der Waals surface area (Å²) in [5.74, 6) is -1.51. The highest BCUT2D eigenvalue weighted by Crippen LogP contribution is 2.14. The lowest BCUT2D eigenvalue weighted by Gasteiger charge is -2.26. The van der Waals surface area contributed by atoms with E-state index in [1.54, 1.807) is 27.8 Å². The van der Waals surface area contributed by atoms with Crippen LogP contribution in [0.3, 0.4) is 0 Å². The maximum atomic E-state index is 12.6. The van der Waals surface area contributed by atoms with Crippen LogP contribution in [0.1, 0.15) is 50.3 Å². The molecule has 1 saturated heterocycles. The van der Waals surface area contributed by atoms with Crippen LogP contribution in [0.5, 0.6) is 0 Å². The van der Waals surface area contributed by atoms with Gasteiger partial charge in [-0.15, -0.1) is 0 Å². The average molecular weight is 415 g/mol. The second-order valence-corrected chi connectivity index (χ2v) is 7.38. The minimum absolute atomic E-state index is 0.117. The number of nitrogens with one attached hydrogen (secondary N) is 1. The van der Waals surface area contributed by atoms with Gasteiger partial charge in [-0.25, -0.2) is 14.6 Å². The molecule has 0 radical (unpaired) electrons. The van der Waals surface area contributed by atoms with E-state index in [0.29, 0.717) is 18.7 Å². The number of hydrazine groups is 1. The Kier molecular flexibility index (Phi) is 6.61. The highest BCUT2D eigenvalue weighted by molar-refractivity contribution is 7.08. The van der Waals surface area contributed by atoms with Gasteiger partial charge in [0, 0.05) is 36.6 Å². The summed E-state index contributed by atoms with van der Waals surface area (Å²) in [7, 11) is 1.27. The van der Waals surface area contributed by atoms with Gasteiger partial charge in [-0.3, -0.25) is 15.0 Å². The number of carbonyl (C=O) groups excluding carboxylic acids is 4. The van der Waals surface area contributed by atoms with Crippen molar-refractivity contribution in [1.29, 1.82) is 0 Å². The molecule has 1 fully saturated rings. The molecule has 0 spiro atoms. The average Bonchev–Trinajstić information content (AvgIpc) is 3.29. The van der Waals surface area contributed by atoms with E-state index in [0.717, 1.165) is 24.3 Å². The molecule has 29 heavy (non-hydrogen) atoms. The van der Waals surface area contributed by atoms with E-state index in [2.05, 4.69) is 5.43 Å². The van der Waals surface area contributed by atoms with Crippen LogP contribution < -0.4 is 5.43 Å². The van der Waals surface area contributed by atoms with Crippen molar-refractivity contribution in [3.63, 3.8) is 0 Å². The number of likely N-dealkylation sites (tertiary alicyclic amines) is 1. The summed E-state index contributed by atoms with van der Waals surface area (Å²) in [5.41, 5.74) is 3.23. The Bertz CT molecular complexity index is 907. The first kappa shape index (κ1) is 20.5. The smallest absolute Gasteiger partial charge is 0.371 e. The third kappa shape index (κ3) is 5.20. The molecule has 0 aliphatic carbocycles. The van der Waals surface area contributed by atoms with E-state index < -0.39 is 18.0 Å². The fraction of sp³-hybridized carbons (Fsp3) is 0.300. The Morgan fingerprint density at radius 2 is 1.76 bits per heavy atom. The zero-order valence-corrected chi connectivity index (χ0v) is 16.7. The van der Waals surface area contributed by atoms with Gasteiger partial charge < -0.3 is 9.64 Å². The Balaban J connectivity index is 1.60. The summed E-state index contributed by atoms with van der Waals surface area (Å²) in [5, 5.41) is 4.02. The van der Waals surface area contributed by atoms with E-state index in [1.165, 1.54) is 36.6 Å². The molecule has 152 valence electrons. The van der Waals surface area contributed by atoms with E-state index in [1.807, 2.05) is 0 Å². The number of hydrogen-bond donors (Lipinski definition) is 1. The number of piperidine rings is 1. The van der Waals surface area contributed by atoms with Crippen molar-refractivity contribution in [2.45, 2.75) is 19.3 Å². The van der Waals surface area contributed by atoms with Crippen molar-refractivity contribution < 1.29 is 23.9 Å². The van der Waals surface area contributed by atoms with Crippen LogP contribution in [0.4, 0.5) is 4.79 Å². The predicted octanol–water partition coefficient (Wildman–Crippen LogP) is 2.93. The summed E-state index contributed by atoms with van der Waals surface area (Å²) >= 11 is 1.30.